The first-order valence-electron chi connectivity index (χ1n) is 11.0. The lowest BCUT2D eigenvalue weighted by Gasteiger charge is -2.39. The molecule has 0 aromatic heterocycles. The van der Waals surface area contributed by atoms with E-state index in [0.29, 0.717) is 0 Å². The van der Waals surface area contributed by atoms with Gasteiger partial charge in [0.15, 0.2) is 0 Å². The zero-order chi connectivity index (χ0) is 23.8. The first-order chi connectivity index (χ1) is 16.6. The Balaban J connectivity index is 1.51. The number of nitrogens with zero attached hydrogens (tertiary/aromatic N) is 1. The van der Waals surface area contributed by atoms with Crippen LogP contribution >= 0.6 is 0 Å². The molecule has 1 heterocycles. The van der Waals surface area contributed by atoms with Gasteiger partial charge in [0.2, 0.25) is 0 Å². The zero-order valence-corrected chi connectivity index (χ0v) is 18.5. The molecular formula is C27H25NO6. The fourth-order valence-electron chi connectivity index (χ4n) is 3.79. The van der Waals surface area contributed by atoms with Crippen LogP contribution in [0.15, 0.2) is 91.0 Å². The molecule has 1 aliphatic rings. The van der Waals surface area contributed by atoms with Crippen LogP contribution in [0.4, 0.5) is 4.79 Å². The van der Waals surface area contributed by atoms with Gasteiger partial charge in [-0.05, 0) is 16.7 Å². The maximum absolute atomic E-state index is 13.2. The number of rotatable bonds is 7. The Hall–Kier alpha value is -4.13. The Labute approximate surface area is 197 Å². The van der Waals surface area contributed by atoms with E-state index in [-0.39, 0.29) is 26.2 Å². The second-order valence-corrected chi connectivity index (χ2v) is 7.87. The van der Waals surface area contributed by atoms with Crippen molar-refractivity contribution in [2.45, 2.75) is 31.7 Å². The third kappa shape index (κ3) is 5.81. The third-order valence-electron chi connectivity index (χ3n) is 5.53. The van der Waals surface area contributed by atoms with Crippen molar-refractivity contribution in [2.24, 2.45) is 0 Å². The summed E-state index contributed by atoms with van der Waals surface area (Å²) in [5, 5.41) is 0. The largest absolute Gasteiger partial charge is 0.462 e. The molecule has 3 aromatic rings. The van der Waals surface area contributed by atoms with Crippen LogP contribution in [-0.4, -0.2) is 35.6 Å². The molecular weight excluding hydrogens is 434 g/mol. The summed E-state index contributed by atoms with van der Waals surface area (Å²) in [6.07, 6.45) is -1.04. The summed E-state index contributed by atoms with van der Waals surface area (Å²) in [7, 11) is 0. The highest BCUT2D eigenvalue weighted by Crippen LogP contribution is 2.30. The molecule has 0 unspecified atom stereocenters. The van der Waals surface area contributed by atoms with Gasteiger partial charge in [0.25, 0.3) is 0 Å². The molecule has 1 amide bonds. The van der Waals surface area contributed by atoms with Crippen LogP contribution in [0.5, 0.6) is 0 Å². The fourth-order valence-corrected chi connectivity index (χ4v) is 3.79. The van der Waals surface area contributed by atoms with Gasteiger partial charge in [0.1, 0.15) is 25.9 Å². The molecule has 0 aliphatic carbocycles. The number of esters is 2. The first kappa shape index (κ1) is 23.0. The molecule has 1 fully saturated rings. The molecule has 34 heavy (non-hydrogen) atoms. The van der Waals surface area contributed by atoms with Gasteiger partial charge in [-0.2, -0.15) is 0 Å². The summed E-state index contributed by atoms with van der Waals surface area (Å²) in [6.45, 7) is 0.0821. The highest BCUT2D eigenvalue weighted by atomic mass is 16.6. The van der Waals surface area contributed by atoms with E-state index in [1.54, 1.807) is 0 Å². The van der Waals surface area contributed by atoms with Crippen molar-refractivity contribution in [3.8, 4) is 0 Å². The second kappa shape index (κ2) is 11.1. The summed E-state index contributed by atoms with van der Waals surface area (Å²) < 4.78 is 16.3. The van der Waals surface area contributed by atoms with Crippen LogP contribution in [-0.2, 0) is 37.0 Å². The third-order valence-corrected chi connectivity index (χ3v) is 5.53. The van der Waals surface area contributed by atoms with Crippen LogP contribution in [0.3, 0.4) is 0 Å². The Morgan fingerprint density at radius 3 is 1.91 bits per heavy atom. The summed E-state index contributed by atoms with van der Waals surface area (Å²) in [6, 6.07) is 25.9. The van der Waals surface area contributed by atoms with E-state index < -0.39 is 30.1 Å². The lowest BCUT2D eigenvalue weighted by Crippen LogP contribution is -2.54. The van der Waals surface area contributed by atoms with Gasteiger partial charge in [0.05, 0.1) is 12.5 Å². The van der Waals surface area contributed by atoms with Crippen LogP contribution in [0.1, 0.15) is 29.2 Å². The highest BCUT2D eigenvalue weighted by molar-refractivity contribution is 5.87. The first-order valence-corrected chi connectivity index (χ1v) is 11.0. The van der Waals surface area contributed by atoms with Gasteiger partial charge in [0, 0.05) is 0 Å². The molecule has 3 aromatic carbocycles. The molecule has 4 rings (SSSR count). The average Bonchev–Trinajstić information content (AvgIpc) is 2.89. The van der Waals surface area contributed by atoms with Gasteiger partial charge in [-0.1, -0.05) is 91.0 Å². The molecule has 1 saturated heterocycles. The number of hydrogen-bond donors (Lipinski definition) is 0. The second-order valence-electron chi connectivity index (χ2n) is 7.87. The van der Waals surface area contributed by atoms with Crippen molar-refractivity contribution in [3.63, 3.8) is 0 Å². The number of carbonyl (C=O) groups excluding carboxylic acids is 3. The van der Waals surface area contributed by atoms with E-state index in [1.165, 1.54) is 4.90 Å². The van der Waals surface area contributed by atoms with Gasteiger partial charge in [-0.15, -0.1) is 0 Å². The summed E-state index contributed by atoms with van der Waals surface area (Å²) in [5.74, 6) is -1.28. The van der Waals surface area contributed by atoms with Crippen molar-refractivity contribution in [3.05, 3.63) is 108 Å². The molecule has 174 valence electrons. The Morgan fingerprint density at radius 1 is 0.794 bits per heavy atom. The van der Waals surface area contributed by atoms with E-state index in [1.807, 2.05) is 91.0 Å². The van der Waals surface area contributed by atoms with Crippen molar-refractivity contribution in [2.75, 3.05) is 6.61 Å². The molecule has 7 heteroatoms. The smallest absolute Gasteiger partial charge is 0.411 e. The SMILES string of the molecule is O=C(C[C@@H]1C(=O)OC[C@@H](c2ccccc2)N1C(=O)OCc1ccccc1)OCc1ccccc1. The van der Waals surface area contributed by atoms with E-state index in [0.717, 1.165) is 16.7 Å². The number of carbonyl (C=O) groups is 3. The van der Waals surface area contributed by atoms with Crippen LogP contribution in [0.2, 0.25) is 0 Å². The fraction of sp³-hybridized carbons (Fsp3) is 0.222. The number of morpholine rings is 1. The Kier molecular flexibility index (Phi) is 7.55. The summed E-state index contributed by atoms with van der Waals surface area (Å²) in [5.41, 5.74) is 2.41. The molecule has 7 nitrogen and oxygen atoms in total. The molecule has 0 bridgehead atoms. The minimum absolute atomic E-state index is 0.0289. The van der Waals surface area contributed by atoms with Crippen LogP contribution in [0.25, 0.3) is 0 Å². The van der Waals surface area contributed by atoms with Gasteiger partial charge in [-0.25, -0.2) is 9.59 Å². The minimum Gasteiger partial charge on any atom is -0.462 e. The molecule has 0 N–H and O–H groups in total. The molecule has 1 aliphatic heterocycles. The number of cyclic esters (lactones) is 1. The number of hydrogen-bond acceptors (Lipinski definition) is 6. The predicted molar refractivity (Wildman–Crippen MR) is 123 cm³/mol. The molecule has 0 radical (unpaired) electrons. The predicted octanol–water partition coefficient (Wildman–Crippen LogP) is 4.43. The van der Waals surface area contributed by atoms with Crippen LogP contribution < -0.4 is 0 Å². The quantitative estimate of drug-likeness (QED) is 0.384. The van der Waals surface area contributed by atoms with E-state index in [9.17, 15) is 14.4 Å². The normalized spacial score (nSPS) is 17.5. The number of benzene rings is 3. The number of amides is 1. The van der Waals surface area contributed by atoms with E-state index in [2.05, 4.69) is 0 Å². The maximum Gasteiger partial charge on any atom is 0.411 e. The van der Waals surface area contributed by atoms with Gasteiger partial charge >= 0.3 is 18.0 Å². The summed E-state index contributed by atoms with van der Waals surface area (Å²) >= 11 is 0. The van der Waals surface area contributed by atoms with Crippen molar-refractivity contribution in [1.82, 2.24) is 4.90 Å². The maximum atomic E-state index is 13.2. The van der Waals surface area contributed by atoms with Gasteiger partial charge in [-0.3, -0.25) is 9.69 Å². The Morgan fingerprint density at radius 2 is 1.32 bits per heavy atom. The van der Waals surface area contributed by atoms with E-state index >= 15 is 0 Å². The van der Waals surface area contributed by atoms with Crippen LogP contribution in [0, 0.1) is 0 Å². The molecule has 0 saturated carbocycles. The average molecular weight is 459 g/mol. The topological polar surface area (TPSA) is 82.1 Å². The minimum atomic E-state index is -1.16. The van der Waals surface area contributed by atoms with E-state index in [4.69, 9.17) is 14.2 Å². The Bertz CT molecular complexity index is 1100. The van der Waals surface area contributed by atoms with Crippen molar-refractivity contribution >= 4 is 18.0 Å². The monoisotopic (exact) mass is 459 g/mol. The number of ether oxygens (including phenoxy) is 3. The standard InChI is InChI=1S/C27H25NO6/c29-25(32-17-20-10-4-1-5-11-20)16-23-26(30)33-19-24(22-14-8-3-9-15-22)28(23)27(31)34-18-21-12-6-2-7-13-21/h1-15,23-24H,16-19H2/t23-,24+/m1/s1. The van der Waals surface area contributed by atoms with Gasteiger partial charge < -0.3 is 14.2 Å². The van der Waals surface area contributed by atoms with Crippen molar-refractivity contribution < 1.29 is 28.6 Å². The summed E-state index contributed by atoms with van der Waals surface area (Å²) in [4.78, 5) is 39.8. The lowest BCUT2D eigenvalue weighted by molar-refractivity contribution is -0.166. The molecule has 0 spiro atoms. The zero-order valence-electron chi connectivity index (χ0n) is 18.5. The van der Waals surface area contributed by atoms with Crippen molar-refractivity contribution in [1.29, 1.82) is 0 Å². The lowest BCUT2D eigenvalue weighted by atomic mass is 10.0. The highest BCUT2D eigenvalue weighted by Gasteiger charge is 2.44. The molecule has 2 atom stereocenters.